The second kappa shape index (κ2) is 8.13. The van der Waals surface area contributed by atoms with Crippen molar-refractivity contribution in [3.63, 3.8) is 0 Å². The second-order valence-corrected chi connectivity index (χ2v) is 6.36. The molecule has 0 bridgehead atoms. The van der Waals surface area contributed by atoms with Crippen molar-refractivity contribution in [1.29, 1.82) is 0 Å². The molecule has 0 saturated heterocycles. The molecule has 9 heteroatoms. The quantitative estimate of drug-likeness (QED) is 0.637. The molecule has 3 rings (SSSR count). The molecule has 3 aromatic rings. The zero-order valence-corrected chi connectivity index (χ0v) is 15.2. The van der Waals surface area contributed by atoms with Gasteiger partial charge in [-0.2, -0.15) is 4.37 Å². The number of hydrogen-bond donors (Lipinski definition) is 1. The molecule has 24 heavy (non-hydrogen) atoms. The number of aromatic nitrogens is 4. The van der Waals surface area contributed by atoms with E-state index in [0.29, 0.717) is 18.8 Å². The Kier molecular flexibility index (Phi) is 5.68. The molecule has 0 aliphatic rings. The van der Waals surface area contributed by atoms with E-state index < -0.39 is 0 Å². The summed E-state index contributed by atoms with van der Waals surface area (Å²) in [6.45, 7) is 0.604. The zero-order valence-electron chi connectivity index (χ0n) is 12.8. The van der Waals surface area contributed by atoms with E-state index in [1.807, 2.05) is 24.3 Å². The Hall–Kier alpha value is -2.10. The van der Waals surface area contributed by atoms with E-state index in [1.54, 1.807) is 19.5 Å². The third-order valence-corrected chi connectivity index (χ3v) is 3.97. The fourth-order valence-electron chi connectivity index (χ4n) is 1.82. The van der Waals surface area contributed by atoms with Crippen LogP contribution >= 0.6 is 27.5 Å². The lowest BCUT2D eigenvalue weighted by molar-refractivity contribution is 0.201. The average Bonchev–Trinajstić information content (AvgIpc) is 3.03. The van der Waals surface area contributed by atoms with Crippen LogP contribution < -0.4 is 10.1 Å². The number of hydrogen-bond acceptors (Lipinski definition) is 8. The van der Waals surface area contributed by atoms with Crippen LogP contribution in [0.1, 0.15) is 5.82 Å². The number of ether oxygens (including phenoxy) is 2. The number of nitrogens with zero attached hydrogens (tertiary/aromatic N) is 4. The minimum atomic E-state index is 0.285. The standard InChI is InChI=1S/C15H14BrN5O2S/c1-22-6-5-13-20-15(24-21-13)19-11-3-2-4-12(7-11)23-14-17-8-10(16)9-18-14/h2-4,7-9H,5-6H2,1H3,(H,19,20,21). The predicted octanol–water partition coefficient (Wildman–Crippen LogP) is 3.82. The van der Waals surface area contributed by atoms with Crippen LogP contribution in [0.2, 0.25) is 0 Å². The molecule has 0 amide bonds. The summed E-state index contributed by atoms with van der Waals surface area (Å²) in [4.78, 5) is 12.6. The maximum Gasteiger partial charge on any atom is 0.321 e. The normalized spacial score (nSPS) is 10.6. The number of nitrogens with one attached hydrogen (secondary N) is 1. The van der Waals surface area contributed by atoms with Crippen LogP contribution in [0.4, 0.5) is 10.8 Å². The topological polar surface area (TPSA) is 82.0 Å². The van der Waals surface area contributed by atoms with Crippen LogP contribution in [0, 0.1) is 0 Å². The largest absolute Gasteiger partial charge is 0.424 e. The van der Waals surface area contributed by atoms with E-state index in [4.69, 9.17) is 9.47 Å². The highest BCUT2D eigenvalue weighted by molar-refractivity contribution is 9.10. The van der Waals surface area contributed by atoms with E-state index in [-0.39, 0.29) is 6.01 Å². The summed E-state index contributed by atoms with van der Waals surface area (Å²) in [6, 6.07) is 7.77. The maximum absolute atomic E-state index is 5.64. The van der Waals surface area contributed by atoms with Crippen LogP contribution in [0.3, 0.4) is 0 Å². The summed E-state index contributed by atoms with van der Waals surface area (Å²) in [5.41, 5.74) is 0.846. The molecule has 0 saturated carbocycles. The first-order valence-corrected chi connectivity index (χ1v) is 8.63. The maximum atomic E-state index is 5.64. The van der Waals surface area contributed by atoms with E-state index in [1.165, 1.54) is 11.5 Å². The van der Waals surface area contributed by atoms with Gasteiger partial charge in [0, 0.05) is 49.2 Å². The van der Waals surface area contributed by atoms with Gasteiger partial charge in [0.15, 0.2) is 0 Å². The van der Waals surface area contributed by atoms with Crippen molar-refractivity contribution in [2.45, 2.75) is 6.42 Å². The van der Waals surface area contributed by atoms with Crippen molar-refractivity contribution in [2.75, 3.05) is 19.0 Å². The van der Waals surface area contributed by atoms with Gasteiger partial charge >= 0.3 is 6.01 Å². The third kappa shape index (κ3) is 4.70. The first-order chi connectivity index (χ1) is 11.7. The summed E-state index contributed by atoms with van der Waals surface area (Å²) in [5.74, 6) is 1.39. The number of rotatable bonds is 7. The van der Waals surface area contributed by atoms with Crippen molar-refractivity contribution >= 4 is 38.3 Å². The molecule has 0 aliphatic heterocycles. The lowest BCUT2D eigenvalue weighted by Crippen LogP contribution is -1.97. The SMILES string of the molecule is COCCc1nsc(Nc2cccc(Oc3ncc(Br)cn3)c2)n1. The number of anilines is 2. The molecule has 1 aromatic carbocycles. The smallest absolute Gasteiger partial charge is 0.321 e. The molecule has 1 N–H and O–H groups in total. The lowest BCUT2D eigenvalue weighted by atomic mass is 10.3. The van der Waals surface area contributed by atoms with Gasteiger partial charge in [0.25, 0.3) is 0 Å². The fourth-order valence-corrected chi connectivity index (χ4v) is 2.66. The van der Waals surface area contributed by atoms with E-state index in [9.17, 15) is 0 Å². The van der Waals surface area contributed by atoms with Gasteiger partial charge in [0.2, 0.25) is 5.13 Å². The van der Waals surface area contributed by atoms with Crippen molar-refractivity contribution in [3.05, 3.63) is 47.0 Å². The van der Waals surface area contributed by atoms with Crippen molar-refractivity contribution in [2.24, 2.45) is 0 Å². The Bertz CT molecular complexity index is 797. The van der Waals surface area contributed by atoms with Crippen LogP contribution in [0.25, 0.3) is 0 Å². The van der Waals surface area contributed by atoms with Crippen LogP contribution in [0.5, 0.6) is 11.8 Å². The minimum absolute atomic E-state index is 0.285. The molecule has 0 aliphatic carbocycles. The highest BCUT2D eigenvalue weighted by Crippen LogP contribution is 2.25. The predicted molar refractivity (Wildman–Crippen MR) is 95.0 cm³/mol. The Labute approximate surface area is 151 Å². The molecule has 7 nitrogen and oxygen atoms in total. The van der Waals surface area contributed by atoms with Gasteiger partial charge in [-0.05, 0) is 28.1 Å². The van der Waals surface area contributed by atoms with Crippen LogP contribution in [-0.2, 0) is 11.2 Å². The molecular weight excluding hydrogens is 394 g/mol. The minimum Gasteiger partial charge on any atom is -0.424 e. The van der Waals surface area contributed by atoms with Crippen molar-refractivity contribution < 1.29 is 9.47 Å². The highest BCUT2D eigenvalue weighted by atomic mass is 79.9. The Morgan fingerprint density at radius 3 is 2.88 bits per heavy atom. The van der Waals surface area contributed by atoms with Gasteiger partial charge in [0.05, 0.1) is 11.1 Å². The summed E-state index contributed by atoms with van der Waals surface area (Å²) in [5, 5.41) is 3.93. The van der Waals surface area contributed by atoms with E-state index >= 15 is 0 Å². The van der Waals surface area contributed by atoms with Crippen molar-refractivity contribution in [1.82, 2.24) is 19.3 Å². The van der Waals surface area contributed by atoms with E-state index in [0.717, 1.165) is 21.1 Å². The van der Waals surface area contributed by atoms with Gasteiger partial charge in [-0.15, -0.1) is 0 Å². The Morgan fingerprint density at radius 1 is 1.25 bits per heavy atom. The molecule has 0 atom stereocenters. The summed E-state index contributed by atoms with van der Waals surface area (Å²) in [7, 11) is 1.66. The molecule has 0 radical (unpaired) electrons. The molecule has 2 aromatic heterocycles. The number of methoxy groups -OCH3 is 1. The first kappa shape index (κ1) is 16.7. The fraction of sp³-hybridized carbons (Fsp3) is 0.200. The first-order valence-electron chi connectivity index (χ1n) is 7.07. The van der Waals surface area contributed by atoms with Crippen LogP contribution in [-0.4, -0.2) is 33.0 Å². The molecule has 0 fully saturated rings. The average molecular weight is 408 g/mol. The summed E-state index contributed by atoms with van der Waals surface area (Å²) < 4.78 is 15.7. The number of benzene rings is 1. The molecule has 124 valence electrons. The van der Waals surface area contributed by atoms with E-state index in [2.05, 4.69) is 40.6 Å². The zero-order chi connectivity index (χ0) is 16.8. The van der Waals surface area contributed by atoms with Gasteiger partial charge in [-0.25, -0.2) is 15.0 Å². The molecule has 0 unspecified atom stereocenters. The van der Waals surface area contributed by atoms with Gasteiger partial charge < -0.3 is 14.8 Å². The molecule has 2 heterocycles. The Morgan fingerprint density at radius 2 is 2.08 bits per heavy atom. The summed E-state index contributed by atoms with van der Waals surface area (Å²) >= 11 is 4.59. The second-order valence-electron chi connectivity index (χ2n) is 4.70. The highest BCUT2D eigenvalue weighted by Gasteiger charge is 2.06. The number of halogens is 1. The summed E-state index contributed by atoms with van der Waals surface area (Å²) in [6.07, 6.45) is 3.96. The van der Waals surface area contributed by atoms with Crippen LogP contribution in [0.15, 0.2) is 41.1 Å². The molecular formula is C15H14BrN5O2S. The third-order valence-electron chi connectivity index (χ3n) is 2.89. The molecule has 0 spiro atoms. The van der Waals surface area contributed by atoms with Gasteiger partial charge in [-0.1, -0.05) is 6.07 Å². The van der Waals surface area contributed by atoms with Gasteiger partial charge in [0.1, 0.15) is 11.6 Å². The Balaban J connectivity index is 1.66. The lowest BCUT2D eigenvalue weighted by Gasteiger charge is -2.06. The van der Waals surface area contributed by atoms with Gasteiger partial charge in [-0.3, -0.25) is 0 Å². The monoisotopic (exact) mass is 407 g/mol. The van der Waals surface area contributed by atoms with Crippen molar-refractivity contribution in [3.8, 4) is 11.8 Å².